The van der Waals surface area contributed by atoms with Gasteiger partial charge < -0.3 is 5.11 Å². The van der Waals surface area contributed by atoms with Crippen molar-refractivity contribution < 1.29 is 9.90 Å². The van der Waals surface area contributed by atoms with Crippen LogP contribution in [0.2, 0.25) is 0 Å². The van der Waals surface area contributed by atoms with Crippen molar-refractivity contribution in [3.8, 4) is 0 Å². The zero-order valence-electron chi connectivity index (χ0n) is 9.06. The number of aliphatic hydroxyl groups is 1. The molecule has 0 saturated carbocycles. The van der Waals surface area contributed by atoms with E-state index in [1.807, 2.05) is 18.2 Å². The minimum absolute atomic E-state index is 0.0178. The van der Waals surface area contributed by atoms with Gasteiger partial charge in [0.25, 0.3) is 0 Å². The number of aliphatic hydroxyl groups excluding tert-OH is 1. The van der Waals surface area contributed by atoms with E-state index in [-0.39, 0.29) is 12.4 Å². The lowest BCUT2D eigenvalue weighted by Gasteiger charge is -2.04. The lowest BCUT2D eigenvalue weighted by Crippen LogP contribution is -2.01. The smallest absolute Gasteiger partial charge is 0.193 e. The summed E-state index contributed by atoms with van der Waals surface area (Å²) in [5.41, 5.74) is 2.05. The van der Waals surface area contributed by atoms with Crippen LogP contribution in [0.5, 0.6) is 0 Å². The maximum Gasteiger partial charge on any atom is 0.193 e. The third-order valence-corrected chi connectivity index (χ3v) is 3.26. The van der Waals surface area contributed by atoms with Crippen molar-refractivity contribution in [2.75, 3.05) is 0 Å². The molecule has 0 aliphatic carbocycles. The van der Waals surface area contributed by atoms with Gasteiger partial charge in [0.05, 0.1) is 6.61 Å². The van der Waals surface area contributed by atoms with Gasteiger partial charge in [0.1, 0.15) is 0 Å². The lowest BCUT2D eigenvalue weighted by atomic mass is 10.0. The van der Waals surface area contributed by atoms with Gasteiger partial charge in [0.15, 0.2) is 5.78 Å². The van der Waals surface area contributed by atoms with E-state index in [0.29, 0.717) is 11.1 Å². The second-order valence-electron chi connectivity index (χ2n) is 3.66. The highest BCUT2D eigenvalue weighted by Crippen LogP contribution is 2.20. The predicted molar refractivity (Wildman–Crippen MR) is 69.9 cm³/mol. The average Bonchev–Trinajstić information content (AvgIpc) is 2.39. The number of rotatable bonds is 3. The normalized spacial score (nSPS) is 10.2. The van der Waals surface area contributed by atoms with Gasteiger partial charge >= 0.3 is 0 Å². The van der Waals surface area contributed by atoms with Gasteiger partial charge in [-0.25, -0.2) is 0 Å². The Hall–Kier alpha value is -1.45. The monoisotopic (exact) mass is 290 g/mol. The van der Waals surface area contributed by atoms with Crippen LogP contribution >= 0.6 is 15.9 Å². The summed E-state index contributed by atoms with van der Waals surface area (Å²) in [6.45, 7) is -0.0413. The zero-order valence-corrected chi connectivity index (χ0v) is 10.6. The minimum atomic E-state index is -0.0413. The van der Waals surface area contributed by atoms with Crippen LogP contribution in [0.1, 0.15) is 21.5 Å². The van der Waals surface area contributed by atoms with Gasteiger partial charge in [-0.3, -0.25) is 4.79 Å². The van der Waals surface area contributed by atoms with E-state index in [1.165, 1.54) is 0 Å². The summed E-state index contributed by atoms with van der Waals surface area (Å²) in [7, 11) is 0. The summed E-state index contributed by atoms with van der Waals surface area (Å²) in [4.78, 5) is 12.1. The fourth-order valence-corrected chi connectivity index (χ4v) is 2.08. The summed E-state index contributed by atoms with van der Waals surface area (Å²) in [6.07, 6.45) is 0. The second-order valence-corrected chi connectivity index (χ2v) is 4.51. The van der Waals surface area contributed by atoms with Crippen molar-refractivity contribution in [1.82, 2.24) is 0 Å². The summed E-state index contributed by atoms with van der Waals surface area (Å²) >= 11 is 3.34. The van der Waals surface area contributed by atoms with Gasteiger partial charge in [-0.05, 0) is 11.6 Å². The van der Waals surface area contributed by atoms with Crippen molar-refractivity contribution in [2.45, 2.75) is 6.61 Å². The molecule has 2 aromatic carbocycles. The first-order chi connectivity index (χ1) is 8.22. The molecule has 0 amide bonds. The lowest BCUT2D eigenvalue weighted by molar-refractivity contribution is 0.103. The summed E-state index contributed by atoms with van der Waals surface area (Å²) in [5, 5.41) is 9.05. The molecule has 0 fully saturated rings. The Kier molecular flexibility index (Phi) is 3.71. The molecule has 0 bridgehead atoms. The predicted octanol–water partition coefficient (Wildman–Crippen LogP) is 3.17. The van der Waals surface area contributed by atoms with Crippen LogP contribution in [-0.4, -0.2) is 10.9 Å². The molecular formula is C14H11BrO2. The van der Waals surface area contributed by atoms with Crippen LogP contribution in [0.4, 0.5) is 0 Å². The molecule has 0 heterocycles. The van der Waals surface area contributed by atoms with Crippen molar-refractivity contribution >= 4 is 21.7 Å². The second kappa shape index (κ2) is 5.25. The molecule has 0 saturated heterocycles. The quantitative estimate of drug-likeness (QED) is 0.882. The van der Waals surface area contributed by atoms with E-state index in [2.05, 4.69) is 15.9 Å². The largest absolute Gasteiger partial charge is 0.392 e. The number of hydrogen-bond donors (Lipinski definition) is 1. The van der Waals surface area contributed by atoms with E-state index >= 15 is 0 Å². The molecule has 2 rings (SSSR count). The highest BCUT2D eigenvalue weighted by Gasteiger charge is 2.10. The molecule has 0 aliphatic rings. The average molecular weight is 291 g/mol. The van der Waals surface area contributed by atoms with E-state index in [1.54, 1.807) is 30.3 Å². The molecule has 0 radical (unpaired) electrons. The summed E-state index contributed by atoms with van der Waals surface area (Å²) < 4.78 is 0.752. The maximum atomic E-state index is 12.1. The summed E-state index contributed by atoms with van der Waals surface area (Å²) in [5.74, 6) is -0.0178. The Bertz CT molecular complexity index is 535. The Labute approximate surface area is 108 Å². The Morgan fingerprint density at radius 3 is 2.35 bits per heavy atom. The first-order valence-electron chi connectivity index (χ1n) is 5.21. The van der Waals surface area contributed by atoms with Gasteiger partial charge in [-0.15, -0.1) is 0 Å². The number of ketones is 1. The minimum Gasteiger partial charge on any atom is -0.392 e. The fourth-order valence-electron chi connectivity index (χ4n) is 1.57. The van der Waals surface area contributed by atoms with Crippen LogP contribution in [0.3, 0.4) is 0 Å². The molecule has 2 aromatic rings. The van der Waals surface area contributed by atoms with Crippen molar-refractivity contribution in [3.63, 3.8) is 0 Å². The van der Waals surface area contributed by atoms with E-state index in [0.717, 1.165) is 10.0 Å². The standard InChI is InChI=1S/C14H11BrO2/c15-13-8-11(6-7-12(13)9-16)14(17)10-4-2-1-3-5-10/h1-8,16H,9H2. The van der Waals surface area contributed by atoms with Gasteiger partial charge in [-0.1, -0.05) is 58.4 Å². The Morgan fingerprint density at radius 1 is 1.06 bits per heavy atom. The molecule has 86 valence electrons. The van der Waals surface area contributed by atoms with E-state index < -0.39 is 0 Å². The van der Waals surface area contributed by atoms with Crippen LogP contribution < -0.4 is 0 Å². The SMILES string of the molecule is O=C(c1ccccc1)c1ccc(CO)c(Br)c1. The maximum absolute atomic E-state index is 12.1. The first-order valence-corrected chi connectivity index (χ1v) is 6.00. The molecule has 0 unspecified atom stereocenters. The third kappa shape index (κ3) is 2.62. The highest BCUT2D eigenvalue weighted by molar-refractivity contribution is 9.10. The van der Waals surface area contributed by atoms with E-state index in [9.17, 15) is 4.79 Å². The fraction of sp³-hybridized carbons (Fsp3) is 0.0714. The van der Waals surface area contributed by atoms with Crippen LogP contribution in [0, 0.1) is 0 Å². The van der Waals surface area contributed by atoms with Crippen molar-refractivity contribution in [2.24, 2.45) is 0 Å². The molecular weight excluding hydrogens is 280 g/mol. The van der Waals surface area contributed by atoms with Crippen molar-refractivity contribution in [1.29, 1.82) is 0 Å². The number of carbonyl (C=O) groups is 1. The molecule has 1 N–H and O–H groups in total. The molecule has 0 atom stereocenters. The molecule has 2 nitrogen and oxygen atoms in total. The Morgan fingerprint density at radius 2 is 1.76 bits per heavy atom. The zero-order chi connectivity index (χ0) is 12.3. The molecule has 0 aromatic heterocycles. The van der Waals surface area contributed by atoms with E-state index in [4.69, 9.17) is 5.11 Å². The number of hydrogen-bond acceptors (Lipinski definition) is 2. The van der Waals surface area contributed by atoms with Crippen LogP contribution in [0.15, 0.2) is 53.0 Å². The Balaban J connectivity index is 2.35. The molecule has 0 spiro atoms. The van der Waals surface area contributed by atoms with Gasteiger partial charge in [0, 0.05) is 15.6 Å². The number of halogens is 1. The van der Waals surface area contributed by atoms with Crippen molar-refractivity contribution in [3.05, 3.63) is 69.7 Å². The number of carbonyl (C=O) groups excluding carboxylic acids is 1. The topological polar surface area (TPSA) is 37.3 Å². The molecule has 0 aliphatic heterocycles. The highest BCUT2D eigenvalue weighted by atomic mass is 79.9. The third-order valence-electron chi connectivity index (χ3n) is 2.52. The van der Waals surface area contributed by atoms with Gasteiger partial charge in [0.2, 0.25) is 0 Å². The molecule has 3 heteroatoms. The molecule has 17 heavy (non-hydrogen) atoms. The van der Waals surface area contributed by atoms with Crippen LogP contribution in [-0.2, 0) is 6.61 Å². The first kappa shape index (κ1) is 12.0. The van der Waals surface area contributed by atoms with Crippen LogP contribution in [0.25, 0.3) is 0 Å². The van der Waals surface area contributed by atoms with Gasteiger partial charge in [-0.2, -0.15) is 0 Å². The number of benzene rings is 2. The summed E-state index contributed by atoms with van der Waals surface area (Å²) in [6, 6.07) is 14.3.